The fraction of sp³-hybridized carbons (Fsp3) is 0.0833. The van der Waals surface area contributed by atoms with Gasteiger partial charge in [-0.1, -0.05) is 0 Å². The lowest BCUT2D eigenvalue weighted by atomic mass is 10.0. The number of aromatic nitrogens is 1. The van der Waals surface area contributed by atoms with E-state index in [4.69, 9.17) is 5.73 Å². The van der Waals surface area contributed by atoms with Gasteiger partial charge in [-0.25, -0.2) is 4.98 Å². The fourth-order valence-electron chi connectivity index (χ4n) is 1.94. The third kappa shape index (κ3) is 1.31. The average molecular weight is 229 g/mol. The Hall–Kier alpha value is -1.81. The van der Waals surface area contributed by atoms with E-state index in [1.54, 1.807) is 17.5 Å². The number of fused-ring (bicyclic) bond motifs is 3. The Labute approximate surface area is 97.6 Å². The first-order valence-corrected chi connectivity index (χ1v) is 5.86. The van der Waals surface area contributed by atoms with E-state index in [1.165, 1.54) is 4.88 Å². The van der Waals surface area contributed by atoms with Crippen LogP contribution in [0.2, 0.25) is 0 Å². The number of thiophene rings is 1. The summed E-state index contributed by atoms with van der Waals surface area (Å²) < 4.78 is 0. The van der Waals surface area contributed by atoms with Crippen LogP contribution in [0.5, 0.6) is 0 Å². The molecule has 4 heteroatoms. The Morgan fingerprint density at radius 3 is 3.19 bits per heavy atom. The molecule has 80 valence electrons. The maximum absolute atomic E-state index is 5.97. The van der Waals surface area contributed by atoms with E-state index in [-0.39, 0.29) is 0 Å². The monoisotopic (exact) mass is 229 g/mol. The van der Waals surface area contributed by atoms with E-state index in [1.807, 2.05) is 18.3 Å². The summed E-state index contributed by atoms with van der Waals surface area (Å²) in [4.78, 5) is 5.43. The van der Waals surface area contributed by atoms with Crippen molar-refractivity contribution < 1.29 is 0 Å². The van der Waals surface area contributed by atoms with Crippen LogP contribution in [-0.4, -0.2) is 4.98 Å². The topological polar surface area (TPSA) is 50.9 Å². The molecule has 1 aliphatic rings. The van der Waals surface area contributed by atoms with Crippen LogP contribution in [0.4, 0.5) is 10.8 Å². The van der Waals surface area contributed by atoms with Crippen LogP contribution in [0.25, 0.3) is 17.2 Å². The van der Waals surface area contributed by atoms with Crippen molar-refractivity contribution in [3.63, 3.8) is 0 Å². The summed E-state index contributed by atoms with van der Waals surface area (Å²) in [5.41, 5.74) is 9.25. The molecule has 0 radical (unpaired) electrons. The van der Waals surface area contributed by atoms with Crippen LogP contribution >= 0.6 is 11.3 Å². The number of nitrogens with zero attached hydrogens (tertiary/aromatic N) is 1. The van der Waals surface area contributed by atoms with Crippen molar-refractivity contribution in [2.75, 3.05) is 11.1 Å². The zero-order valence-corrected chi connectivity index (χ0v) is 9.64. The number of hydrogen-bond acceptors (Lipinski definition) is 4. The van der Waals surface area contributed by atoms with Gasteiger partial charge in [-0.3, -0.25) is 0 Å². The van der Waals surface area contributed by atoms with Crippen LogP contribution in [0.3, 0.4) is 0 Å². The van der Waals surface area contributed by atoms with Gasteiger partial charge in [0.15, 0.2) is 0 Å². The van der Waals surface area contributed by atoms with Gasteiger partial charge < -0.3 is 11.1 Å². The van der Waals surface area contributed by atoms with Crippen molar-refractivity contribution in [3.8, 4) is 11.1 Å². The van der Waals surface area contributed by atoms with Crippen molar-refractivity contribution in [1.82, 2.24) is 4.98 Å². The van der Waals surface area contributed by atoms with Gasteiger partial charge in [0.05, 0.1) is 0 Å². The van der Waals surface area contributed by atoms with E-state index < -0.39 is 0 Å². The van der Waals surface area contributed by atoms with E-state index in [0.717, 1.165) is 21.7 Å². The molecule has 0 unspecified atom stereocenters. The number of hydrogen-bond donors (Lipinski definition) is 2. The molecule has 0 bridgehead atoms. The minimum absolute atomic E-state index is 0.588. The molecule has 3 heterocycles. The second-order valence-electron chi connectivity index (χ2n) is 3.74. The highest BCUT2D eigenvalue weighted by atomic mass is 32.1. The van der Waals surface area contributed by atoms with Gasteiger partial charge >= 0.3 is 0 Å². The molecular weight excluding hydrogens is 218 g/mol. The molecule has 0 aromatic carbocycles. The van der Waals surface area contributed by atoms with Crippen molar-refractivity contribution in [2.45, 2.75) is 6.92 Å². The van der Waals surface area contributed by atoms with Gasteiger partial charge in [-0.2, -0.15) is 0 Å². The number of nitrogen functional groups attached to an aromatic ring is 1. The van der Waals surface area contributed by atoms with Crippen LogP contribution in [0, 0.1) is 6.92 Å². The highest BCUT2D eigenvalue weighted by Crippen LogP contribution is 2.41. The maximum atomic E-state index is 5.97. The molecule has 0 saturated heterocycles. The molecule has 3 N–H and O–H groups in total. The average Bonchev–Trinajstić information content (AvgIpc) is 2.51. The zero-order chi connectivity index (χ0) is 11.1. The smallest absolute Gasteiger partial charge is 0.131 e. The van der Waals surface area contributed by atoms with Crippen molar-refractivity contribution in [1.29, 1.82) is 0 Å². The molecule has 2 aromatic heterocycles. The Balaban J connectivity index is 2.36. The predicted molar refractivity (Wildman–Crippen MR) is 69.4 cm³/mol. The van der Waals surface area contributed by atoms with Crippen molar-refractivity contribution in [3.05, 3.63) is 35.0 Å². The summed E-state index contributed by atoms with van der Waals surface area (Å²) >= 11 is 1.73. The highest BCUT2D eigenvalue weighted by Gasteiger charge is 2.16. The molecule has 0 saturated carbocycles. The minimum Gasteiger partial charge on any atom is -0.383 e. The van der Waals surface area contributed by atoms with Crippen molar-refractivity contribution >= 4 is 28.2 Å². The molecule has 3 rings (SSSR count). The number of nitrogens with two attached hydrogens (primary N) is 1. The lowest BCUT2D eigenvalue weighted by Crippen LogP contribution is -1.95. The molecule has 3 nitrogen and oxygen atoms in total. The molecule has 1 aliphatic heterocycles. The number of rotatable bonds is 0. The second-order valence-corrected chi connectivity index (χ2v) is 4.99. The van der Waals surface area contributed by atoms with Crippen LogP contribution < -0.4 is 11.1 Å². The van der Waals surface area contributed by atoms with E-state index in [0.29, 0.717) is 5.82 Å². The lowest BCUT2D eigenvalue weighted by Gasteiger charge is -2.06. The summed E-state index contributed by atoms with van der Waals surface area (Å²) in [6, 6.07) is 4.13. The molecule has 2 aromatic rings. The summed E-state index contributed by atoms with van der Waals surface area (Å²) in [6.45, 7) is 2.09. The quantitative estimate of drug-likeness (QED) is 0.729. The Bertz CT molecular complexity index is 584. The fourth-order valence-corrected chi connectivity index (χ4v) is 2.84. The van der Waals surface area contributed by atoms with Gasteiger partial charge in [-0.05, 0) is 30.7 Å². The lowest BCUT2D eigenvalue weighted by molar-refractivity contribution is 1.33. The predicted octanol–water partition coefficient (Wildman–Crippen LogP) is 3.10. The van der Waals surface area contributed by atoms with Gasteiger partial charge in [0, 0.05) is 28.4 Å². The number of anilines is 2. The summed E-state index contributed by atoms with van der Waals surface area (Å²) in [5.74, 6) is 0.588. The molecule has 0 atom stereocenters. The summed E-state index contributed by atoms with van der Waals surface area (Å²) in [7, 11) is 0. The van der Waals surface area contributed by atoms with Gasteiger partial charge in [-0.15, -0.1) is 11.3 Å². The van der Waals surface area contributed by atoms with Gasteiger partial charge in [0.25, 0.3) is 0 Å². The third-order valence-electron chi connectivity index (χ3n) is 2.61. The van der Waals surface area contributed by atoms with Gasteiger partial charge in [0.1, 0.15) is 10.8 Å². The molecule has 16 heavy (non-hydrogen) atoms. The maximum Gasteiger partial charge on any atom is 0.131 e. The second kappa shape index (κ2) is 3.35. The molecule has 0 aliphatic carbocycles. The Morgan fingerprint density at radius 2 is 2.31 bits per heavy atom. The van der Waals surface area contributed by atoms with E-state index in [2.05, 4.69) is 23.3 Å². The Morgan fingerprint density at radius 1 is 1.44 bits per heavy atom. The van der Waals surface area contributed by atoms with E-state index >= 15 is 0 Å². The molecule has 0 fully saturated rings. The van der Waals surface area contributed by atoms with Crippen molar-refractivity contribution in [2.24, 2.45) is 0 Å². The number of pyridine rings is 1. The first-order chi connectivity index (χ1) is 7.75. The van der Waals surface area contributed by atoms with Gasteiger partial charge in [0.2, 0.25) is 0 Å². The van der Waals surface area contributed by atoms with E-state index in [9.17, 15) is 0 Å². The molecular formula is C12H11N3S. The molecule has 0 amide bonds. The normalized spacial score (nSPS) is 12.6. The first kappa shape index (κ1) is 9.42. The standard InChI is InChI=1S/C12H11N3S/c1-7-6-9-10-8(2-4-14-11(10)13)3-5-15-12(9)16-7/h2-6,15H,1H3,(H2,13,14). The minimum atomic E-state index is 0.588. The SMILES string of the molecule is Cc1cc2c(s1)NC=Cc1ccnc(N)c1-2. The zero-order valence-electron chi connectivity index (χ0n) is 8.82. The van der Waals surface area contributed by atoms with Crippen LogP contribution in [0.1, 0.15) is 10.4 Å². The Kier molecular flexibility index (Phi) is 1.97. The molecule has 0 spiro atoms. The number of nitrogens with one attached hydrogen (secondary N) is 1. The summed E-state index contributed by atoms with van der Waals surface area (Å²) in [5, 5.41) is 4.41. The van der Waals surface area contributed by atoms with Crippen LogP contribution in [0.15, 0.2) is 24.5 Å². The first-order valence-electron chi connectivity index (χ1n) is 5.04. The highest BCUT2D eigenvalue weighted by molar-refractivity contribution is 7.16. The number of aryl methyl sites for hydroxylation is 1. The van der Waals surface area contributed by atoms with Crippen LogP contribution in [-0.2, 0) is 0 Å². The third-order valence-corrected chi connectivity index (χ3v) is 3.60. The largest absolute Gasteiger partial charge is 0.383 e. The summed E-state index contributed by atoms with van der Waals surface area (Å²) in [6.07, 6.45) is 5.71.